The quantitative estimate of drug-likeness (QED) is 0.447. The van der Waals surface area contributed by atoms with Crippen LogP contribution >= 0.6 is 11.8 Å². The van der Waals surface area contributed by atoms with Crippen LogP contribution in [0.2, 0.25) is 0 Å². The zero-order chi connectivity index (χ0) is 16.9. The minimum absolute atomic E-state index is 0.623. The lowest BCUT2D eigenvalue weighted by atomic mass is 9.95. The van der Waals surface area contributed by atoms with Crippen molar-refractivity contribution < 1.29 is 13.0 Å². The van der Waals surface area contributed by atoms with E-state index in [1.807, 2.05) is 17.8 Å². The maximum atomic E-state index is 9.19. The normalized spacial score (nSPS) is 17.2. The molecule has 1 aromatic carbocycles. The van der Waals surface area contributed by atoms with Crippen LogP contribution in [0, 0.1) is 0 Å². The molecule has 0 saturated carbocycles. The Hall–Kier alpha value is -1.28. The Morgan fingerprint density at radius 3 is 2.87 bits per heavy atom. The zero-order valence-corrected chi connectivity index (χ0v) is 14.7. The number of para-hydroxylation sites is 1. The smallest absolute Gasteiger partial charge is 0.261 e. The van der Waals surface area contributed by atoms with Crippen LogP contribution in [0.3, 0.4) is 0 Å². The monoisotopic (exact) mass is 354 g/mol. The van der Waals surface area contributed by atoms with E-state index in [0.29, 0.717) is 12.2 Å². The molecule has 23 heavy (non-hydrogen) atoms. The molecule has 7 heteroatoms. The van der Waals surface area contributed by atoms with Gasteiger partial charge in [0.25, 0.3) is 10.1 Å². The number of H-pyrrole nitrogens is 1. The lowest BCUT2D eigenvalue weighted by molar-refractivity contribution is 0.490. The molecule has 0 fully saturated rings. The molecule has 1 atom stereocenters. The van der Waals surface area contributed by atoms with Crippen LogP contribution in [0.25, 0.3) is 10.9 Å². The van der Waals surface area contributed by atoms with E-state index in [1.54, 1.807) is 0 Å². The lowest BCUT2D eigenvalue weighted by Crippen LogP contribution is -2.23. The molecule has 5 nitrogen and oxygen atoms in total. The first-order valence-corrected chi connectivity index (χ1v) is 10.2. The Morgan fingerprint density at radius 2 is 2.17 bits per heavy atom. The van der Waals surface area contributed by atoms with Crippen LogP contribution in [0.15, 0.2) is 41.9 Å². The van der Waals surface area contributed by atoms with E-state index in [1.165, 1.54) is 33.7 Å². The fourth-order valence-corrected chi connectivity index (χ4v) is 3.89. The number of thioether (sulfide) groups is 1. The first-order chi connectivity index (χ1) is 10.9. The summed E-state index contributed by atoms with van der Waals surface area (Å²) in [5.41, 5.74) is 2.78. The van der Waals surface area contributed by atoms with Gasteiger partial charge >= 0.3 is 0 Å². The summed E-state index contributed by atoms with van der Waals surface area (Å²) in [4.78, 5) is 3.55. The van der Waals surface area contributed by atoms with Gasteiger partial charge in [-0.3, -0.25) is 4.55 Å². The predicted octanol–water partition coefficient (Wildman–Crippen LogP) is 3.03. The highest BCUT2D eigenvalue weighted by atomic mass is 32.2. The molecule has 1 aliphatic rings. The summed E-state index contributed by atoms with van der Waals surface area (Å²) in [5, 5.41) is 6.22. The van der Waals surface area contributed by atoms with Crippen molar-refractivity contribution >= 4 is 32.8 Å². The minimum Gasteiger partial charge on any atom is -0.349 e. The van der Waals surface area contributed by atoms with Gasteiger partial charge in [-0.15, -0.1) is 18.3 Å². The standard InChI is InChI=1S/C15H18N2S.CH4O3S/c1-2-8-16-10-11-7-9-18-15-14(11)12-5-3-4-6-13(12)17-15;1-5(2,3)4/h2-6,11,16-17H,1,7-10H2;1H3,(H,2,3,4). The van der Waals surface area contributed by atoms with E-state index in [9.17, 15) is 8.42 Å². The number of fused-ring (bicyclic) bond motifs is 3. The van der Waals surface area contributed by atoms with Gasteiger partial charge in [0.15, 0.2) is 0 Å². The van der Waals surface area contributed by atoms with Crippen molar-refractivity contribution in [3.05, 3.63) is 42.5 Å². The topological polar surface area (TPSA) is 82.2 Å². The Morgan fingerprint density at radius 1 is 1.48 bits per heavy atom. The molecule has 1 aromatic heterocycles. The van der Waals surface area contributed by atoms with Crippen molar-refractivity contribution in [1.82, 2.24) is 10.3 Å². The van der Waals surface area contributed by atoms with Crippen LogP contribution < -0.4 is 5.32 Å². The summed E-state index contributed by atoms with van der Waals surface area (Å²) >= 11 is 1.95. The van der Waals surface area contributed by atoms with E-state index in [-0.39, 0.29) is 0 Å². The number of hydrogen-bond acceptors (Lipinski definition) is 4. The van der Waals surface area contributed by atoms with Gasteiger partial charge in [-0.2, -0.15) is 8.42 Å². The number of nitrogens with one attached hydrogen (secondary N) is 2. The first kappa shape index (κ1) is 18.1. The number of aromatic amines is 1. The zero-order valence-electron chi connectivity index (χ0n) is 13.1. The summed E-state index contributed by atoms with van der Waals surface area (Å²) in [5.74, 6) is 1.83. The minimum atomic E-state index is -3.67. The fraction of sp³-hybridized carbons (Fsp3) is 0.375. The molecule has 0 radical (unpaired) electrons. The third kappa shape index (κ3) is 5.39. The number of aromatic nitrogens is 1. The highest BCUT2D eigenvalue weighted by molar-refractivity contribution is 7.99. The largest absolute Gasteiger partial charge is 0.349 e. The van der Waals surface area contributed by atoms with Gasteiger partial charge in [-0.25, -0.2) is 0 Å². The van der Waals surface area contributed by atoms with Gasteiger partial charge < -0.3 is 10.3 Å². The summed E-state index contributed by atoms with van der Waals surface area (Å²) in [6.45, 7) is 5.69. The Kier molecular flexibility index (Phi) is 6.29. The van der Waals surface area contributed by atoms with E-state index >= 15 is 0 Å². The van der Waals surface area contributed by atoms with Gasteiger partial charge in [0.05, 0.1) is 11.3 Å². The van der Waals surface area contributed by atoms with Crippen molar-refractivity contribution in [3.63, 3.8) is 0 Å². The molecule has 0 saturated heterocycles. The van der Waals surface area contributed by atoms with E-state index in [0.717, 1.165) is 13.1 Å². The van der Waals surface area contributed by atoms with Gasteiger partial charge in [-0.1, -0.05) is 24.3 Å². The van der Waals surface area contributed by atoms with Crippen LogP contribution in [-0.4, -0.2) is 43.1 Å². The third-order valence-electron chi connectivity index (χ3n) is 3.51. The van der Waals surface area contributed by atoms with Gasteiger partial charge in [0, 0.05) is 35.7 Å². The molecule has 0 amide bonds. The summed E-state index contributed by atoms with van der Waals surface area (Å²) in [7, 11) is -3.67. The van der Waals surface area contributed by atoms with Crippen molar-refractivity contribution in [2.45, 2.75) is 17.4 Å². The van der Waals surface area contributed by atoms with Crippen LogP contribution in [0.1, 0.15) is 17.9 Å². The average Bonchev–Trinajstić information content (AvgIpc) is 2.85. The maximum absolute atomic E-state index is 9.19. The summed E-state index contributed by atoms with van der Waals surface area (Å²) < 4.78 is 25.9. The van der Waals surface area contributed by atoms with Crippen molar-refractivity contribution in [2.24, 2.45) is 0 Å². The molecule has 3 N–H and O–H groups in total. The Balaban J connectivity index is 0.000000338. The average molecular weight is 354 g/mol. The van der Waals surface area contributed by atoms with Gasteiger partial charge in [-0.05, 0) is 18.1 Å². The second-order valence-electron chi connectivity index (χ2n) is 5.43. The number of rotatable bonds is 4. The summed E-state index contributed by atoms with van der Waals surface area (Å²) in [6, 6.07) is 8.63. The SMILES string of the molecule is C=CCNCC1CCSc2[nH]c3ccccc3c21.CS(=O)(=O)O. The van der Waals surface area contributed by atoms with E-state index < -0.39 is 10.1 Å². The second kappa shape index (κ2) is 8.01. The molecule has 0 bridgehead atoms. The van der Waals surface area contributed by atoms with Crippen molar-refractivity contribution in [3.8, 4) is 0 Å². The molecular weight excluding hydrogens is 332 g/mol. The van der Waals surface area contributed by atoms with E-state index in [2.05, 4.69) is 41.1 Å². The first-order valence-electron chi connectivity index (χ1n) is 7.37. The molecule has 2 heterocycles. The van der Waals surface area contributed by atoms with Crippen LogP contribution in [0.5, 0.6) is 0 Å². The van der Waals surface area contributed by atoms with Crippen molar-refractivity contribution in [2.75, 3.05) is 25.1 Å². The molecule has 3 rings (SSSR count). The van der Waals surface area contributed by atoms with Crippen LogP contribution in [0.4, 0.5) is 0 Å². The second-order valence-corrected chi connectivity index (χ2v) is 8.00. The van der Waals surface area contributed by atoms with Gasteiger partial charge in [0.1, 0.15) is 0 Å². The molecule has 1 unspecified atom stereocenters. The molecular formula is C16H22N2O3S2. The highest BCUT2D eigenvalue weighted by Crippen LogP contribution is 2.41. The molecule has 126 valence electrons. The highest BCUT2D eigenvalue weighted by Gasteiger charge is 2.24. The fourth-order valence-electron chi connectivity index (χ4n) is 2.67. The maximum Gasteiger partial charge on any atom is 0.261 e. The summed E-state index contributed by atoms with van der Waals surface area (Å²) in [6.07, 6.45) is 3.89. The molecule has 0 aliphatic carbocycles. The third-order valence-corrected chi connectivity index (χ3v) is 4.56. The van der Waals surface area contributed by atoms with Gasteiger partial charge in [0.2, 0.25) is 0 Å². The Bertz CT molecular complexity index is 761. The molecule has 0 spiro atoms. The molecule has 2 aromatic rings. The number of benzene rings is 1. The van der Waals surface area contributed by atoms with E-state index in [4.69, 9.17) is 4.55 Å². The molecule has 1 aliphatic heterocycles. The number of hydrogen-bond donors (Lipinski definition) is 3. The predicted molar refractivity (Wildman–Crippen MR) is 96.9 cm³/mol. The van der Waals surface area contributed by atoms with Crippen LogP contribution in [-0.2, 0) is 10.1 Å². The lowest BCUT2D eigenvalue weighted by Gasteiger charge is -2.22. The Labute approximate surface area is 141 Å². The van der Waals surface area contributed by atoms with Crippen molar-refractivity contribution in [1.29, 1.82) is 0 Å².